The molecule has 5 rings (SSSR count). The largest absolute Gasteiger partial charge is 0.496 e. The van der Waals surface area contributed by atoms with E-state index in [0.717, 1.165) is 44.5 Å². The van der Waals surface area contributed by atoms with E-state index in [1.165, 1.54) is 25.3 Å². The lowest BCUT2D eigenvalue weighted by Gasteiger charge is -2.35. The Kier molecular flexibility index (Phi) is 7.89. The van der Waals surface area contributed by atoms with Crippen molar-refractivity contribution < 1.29 is 23.0 Å². The first kappa shape index (κ1) is 26.8. The molecule has 3 heterocycles. The second kappa shape index (κ2) is 11.5. The van der Waals surface area contributed by atoms with Gasteiger partial charge < -0.3 is 24.6 Å². The van der Waals surface area contributed by atoms with E-state index in [4.69, 9.17) is 9.47 Å². The Morgan fingerprint density at radius 2 is 1.82 bits per heavy atom. The fraction of sp³-hybridized carbons (Fsp3) is 0.393. The van der Waals surface area contributed by atoms with Crippen molar-refractivity contribution in [2.24, 2.45) is 0 Å². The Morgan fingerprint density at radius 1 is 1.05 bits per heavy atom. The number of likely N-dealkylation sites (N-methyl/N-ethyl adjacent to an activating group) is 2. The molecule has 206 valence electrons. The van der Waals surface area contributed by atoms with Crippen LogP contribution < -0.4 is 19.7 Å². The van der Waals surface area contributed by atoms with Gasteiger partial charge in [0.15, 0.2) is 12.4 Å². The number of halogens is 2. The van der Waals surface area contributed by atoms with E-state index in [2.05, 4.69) is 32.0 Å². The zero-order valence-electron chi connectivity index (χ0n) is 22.3. The molecule has 1 saturated heterocycles. The molecule has 0 unspecified atom stereocenters. The Labute approximate surface area is 226 Å². The molecule has 1 N–H and O–H groups in total. The number of anilines is 3. The monoisotopic (exact) mass is 538 g/mol. The Bertz CT molecular complexity index is 1360. The number of carbonyl (C=O) groups excluding carboxylic acids is 1. The lowest BCUT2D eigenvalue weighted by molar-refractivity contribution is -0.121. The molecule has 0 bridgehead atoms. The van der Waals surface area contributed by atoms with Crippen LogP contribution in [0.15, 0.2) is 36.5 Å². The van der Waals surface area contributed by atoms with Gasteiger partial charge in [-0.1, -0.05) is 6.92 Å². The van der Waals surface area contributed by atoms with Gasteiger partial charge in [-0.25, -0.2) is 18.7 Å². The normalized spacial score (nSPS) is 16.1. The van der Waals surface area contributed by atoms with Crippen molar-refractivity contribution in [3.63, 3.8) is 0 Å². The van der Waals surface area contributed by atoms with Crippen LogP contribution >= 0.6 is 0 Å². The fourth-order valence-electron chi connectivity index (χ4n) is 5.03. The van der Waals surface area contributed by atoms with E-state index < -0.39 is 11.6 Å². The SMILES string of the molecule is CCN1CCN(Cc2cc(Nc3ncc(F)c(-c4ccc(F)cc4OC)n3)cc3c2OCC(=O)N3CC)CC1. The summed E-state index contributed by atoms with van der Waals surface area (Å²) >= 11 is 0. The van der Waals surface area contributed by atoms with Gasteiger partial charge >= 0.3 is 0 Å². The molecule has 0 spiro atoms. The highest BCUT2D eigenvalue weighted by atomic mass is 19.1. The lowest BCUT2D eigenvalue weighted by Crippen LogP contribution is -2.45. The van der Waals surface area contributed by atoms with E-state index in [1.54, 1.807) is 4.90 Å². The van der Waals surface area contributed by atoms with Gasteiger partial charge in [-0.15, -0.1) is 0 Å². The number of carbonyl (C=O) groups is 1. The first-order valence-corrected chi connectivity index (χ1v) is 13.1. The number of hydrogen-bond acceptors (Lipinski definition) is 8. The maximum atomic E-state index is 14.8. The molecule has 3 aromatic rings. The van der Waals surface area contributed by atoms with Gasteiger partial charge in [-0.2, -0.15) is 0 Å². The number of piperazine rings is 1. The van der Waals surface area contributed by atoms with Crippen LogP contribution in [0, 0.1) is 11.6 Å². The van der Waals surface area contributed by atoms with Crippen LogP contribution in [0.4, 0.5) is 26.1 Å². The second-order valence-corrected chi connectivity index (χ2v) is 9.48. The van der Waals surface area contributed by atoms with Crippen molar-refractivity contribution in [3.05, 3.63) is 53.7 Å². The third-order valence-electron chi connectivity index (χ3n) is 7.12. The molecule has 0 saturated carbocycles. The highest BCUT2D eigenvalue weighted by molar-refractivity contribution is 5.99. The van der Waals surface area contributed by atoms with Gasteiger partial charge in [0.1, 0.15) is 23.0 Å². The highest BCUT2D eigenvalue weighted by Crippen LogP contribution is 2.40. The maximum Gasteiger partial charge on any atom is 0.265 e. The number of nitrogens with one attached hydrogen (secondary N) is 1. The number of aromatic nitrogens is 2. The number of benzene rings is 2. The molecule has 0 atom stereocenters. The molecule has 2 aliphatic heterocycles. The van der Waals surface area contributed by atoms with Crippen LogP contribution in [0.3, 0.4) is 0 Å². The summed E-state index contributed by atoms with van der Waals surface area (Å²) in [5, 5.41) is 3.17. The molecule has 2 aromatic carbocycles. The van der Waals surface area contributed by atoms with Gasteiger partial charge in [-0.3, -0.25) is 9.69 Å². The molecule has 11 heteroatoms. The van der Waals surface area contributed by atoms with Gasteiger partial charge in [0, 0.05) is 62.1 Å². The summed E-state index contributed by atoms with van der Waals surface area (Å²) in [5.41, 5.74) is 2.52. The smallest absolute Gasteiger partial charge is 0.265 e. The zero-order chi connectivity index (χ0) is 27.5. The average Bonchev–Trinajstić information content (AvgIpc) is 2.94. The fourth-order valence-corrected chi connectivity index (χ4v) is 5.03. The van der Waals surface area contributed by atoms with Crippen molar-refractivity contribution >= 4 is 23.2 Å². The van der Waals surface area contributed by atoms with Gasteiger partial charge in [0.2, 0.25) is 5.95 Å². The number of methoxy groups -OCH3 is 1. The van der Waals surface area contributed by atoms with Crippen molar-refractivity contribution in [3.8, 4) is 22.8 Å². The van der Waals surface area contributed by atoms with Gasteiger partial charge in [-0.05, 0) is 37.7 Å². The second-order valence-electron chi connectivity index (χ2n) is 9.48. The number of hydrogen-bond donors (Lipinski definition) is 1. The van der Waals surface area contributed by atoms with E-state index >= 15 is 0 Å². The summed E-state index contributed by atoms with van der Waals surface area (Å²) in [7, 11) is 1.39. The van der Waals surface area contributed by atoms with Crippen molar-refractivity contribution in [2.45, 2.75) is 20.4 Å². The summed E-state index contributed by atoms with van der Waals surface area (Å²) in [6, 6.07) is 7.59. The van der Waals surface area contributed by atoms with Gasteiger partial charge in [0.05, 0.1) is 19.0 Å². The Hall–Kier alpha value is -3.83. The highest BCUT2D eigenvalue weighted by Gasteiger charge is 2.29. The minimum absolute atomic E-state index is 0.00579. The van der Waals surface area contributed by atoms with Crippen LogP contribution in [0.2, 0.25) is 0 Å². The van der Waals surface area contributed by atoms with Crippen LogP contribution in [-0.4, -0.2) is 78.7 Å². The number of amides is 1. The topological polar surface area (TPSA) is 83.1 Å². The van der Waals surface area contributed by atoms with Crippen LogP contribution in [0.5, 0.6) is 11.5 Å². The molecule has 0 radical (unpaired) electrons. The predicted molar refractivity (Wildman–Crippen MR) is 145 cm³/mol. The quantitative estimate of drug-likeness (QED) is 0.460. The molecule has 0 aliphatic carbocycles. The summed E-state index contributed by atoms with van der Waals surface area (Å²) < 4.78 is 39.7. The number of nitrogens with zero attached hydrogens (tertiary/aromatic N) is 5. The molecule has 1 fully saturated rings. The number of fused-ring (bicyclic) bond motifs is 1. The van der Waals surface area contributed by atoms with E-state index in [-0.39, 0.29) is 29.9 Å². The zero-order valence-corrected chi connectivity index (χ0v) is 22.3. The maximum absolute atomic E-state index is 14.8. The van der Waals surface area contributed by atoms with E-state index in [1.807, 2.05) is 19.1 Å². The van der Waals surface area contributed by atoms with Crippen molar-refractivity contribution in [1.29, 1.82) is 0 Å². The van der Waals surface area contributed by atoms with Crippen LogP contribution in [0.25, 0.3) is 11.3 Å². The lowest BCUT2D eigenvalue weighted by atomic mass is 10.1. The first-order chi connectivity index (χ1) is 18.9. The van der Waals surface area contributed by atoms with Crippen molar-refractivity contribution in [1.82, 2.24) is 19.8 Å². The molecule has 9 nitrogen and oxygen atoms in total. The summed E-state index contributed by atoms with van der Waals surface area (Å²) in [4.78, 5) is 27.6. The third-order valence-corrected chi connectivity index (χ3v) is 7.12. The van der Waals surface area contributed by atoms with E-state index in [9.17, 15) is 13.6 Å². The first-order valence-electron chi connectivity index (χ1n) is 13.1. The third kappa shape index (κ3) is 5.64. The summed E-state index contributed by atoms with van der Waals surface area (Å²) in [6.07, 6.45) is 1.06. The van der Waals surface area contributed by atoms with Crippen molar-refractivity contribution in [2.75, 3.05) is 63.2 Å². The summed E-state index contributed by atoms with van der Waals surface area (Å²) in [5.74, 6) is -0.291. The van der Waals surface area contributed by atoms with Crippen LogP contribution in [0.1, 0.15) is 19.4 Å². The molecule has 1 amide bonds. The molecular weight excluding hydrogens is 506 g/mol. The number of ether oxygens (including phenoxy) is 2. The predicted octanol–water partition coefficient (Wildman–Crippen LogP) is 4.06. The van der Waals surface area contributed by atoms with Gasteiger partial charge in [0.25, 0.3) is 5.91 Å². The Morgan fingerprint density at radius 3 is 2.54 bits per heavy atom. The number of rotatable bonds is 8. The minimum atomic E-state index is -0.668. The standard InChI is InChI=1S/C28H32F2N6O3/c1-4-34-8-10-35(11-9-34)16-18-12-20(14-23-27(18)39-17-25(37)36(23)5-2)32-28-31-15-22(30)26(33-28)21-7-6-19(29)13-24(21)38-3/h6-7,12-15H,4-5,8-11,16-17H2,1-3H3,(H,31,32,33). The van der Waals surface area contributed by atoms with E-state index in [0.29, 0.717) is 35.8 Å². The Balaban J connectivity index is 1.49. The molecule has 2 aliphatic rings. The average molecular weight is 539 g/mol. The molecule has 1 aromatic heterocycles. The summed E-state index contributed by atoms with van der Waals surface area (Å²) in [6.45, 7) is 10.1. The molecule has 39 heavy (non-hydrogen) atoms. The van der Waals surface area contributed by atoms with Crippen LogP contribution in [-0.2, 0) is 11.3 Å². The minimum Gasteiger partial charge on any atom is -0.496 e. The molecular formula is C28H32F2N6O3.